The molecule has 0 bridgehead atoms. The van der Waals surface area contributed by atoms with E-state index >= 15 is 0 Å². The lowest BCUT2D eigenvalue weighted by Crippen LogP contribution is -2.23. The number of hydrogen-bond acceptors (Lipinski definition) is 4. The molecule has 0 aliphatic rings. The number of non-ortho nitro benzene ring substituents is 1. The molecule has 3 N–H and O–H groups in total. The number of benzene rings is 2. The lowest BCUT2D eigenvalue weighted by molar-refractivity contribution is -0.384. The van der Waals surface area contributed by atoms with Crippen LogP contribution < -0.4 is 11.1 Å². The predicted molar refractivity (Wildman–Crippen MR) is 85.1 cm³/mol. The van der Waals surface area contributed by atoms with Crippen LogP contribution in [0.25, 0.3) is 0 Å². The smallest absolute Gasteiger partial charge is 0.271 e. The Morgan fingerprint density at radius 3 is 2.50 bits per heavy atom. The minimum absolute atomic E-state index is 0.0424. The van der Waals surface area contributed by atoms with E-state index < -0.39 is 10.8 Å². The molecular weight excluding hydrogens is 329 g/mol. The third-order valence-corrected chi connectivity index (χ3v) is 3.67. The lowest BCUT2D eigenvalue weighted by atomic mass is 10.1. The Labute approximate surface area is 136 Å². The third kappa shape index (κ3) is 3.66. The molecule has 2 rings (SSSR count). The van der Waals surface area contributed by atoms with Crippen LogP contribution in [0.2, 0.25) is 10.0 Å². The number of amides is 1. The van der Waals surface area contributed by atoms with E-state index in [2.05, 4.69) is 5.32 Å². The highest BCUT2D eigenvalue weighted by Gasteiger charge is 2.14. The molecule has 22 heavy (non-hydrogen) atoms. The number of nitrogen functional groups attached to an aromatic ring is 1. The summed E-state index contributed by atoms with van der Waals surface area (Å²) in [6, 6.07) is 8.69. The van der Waals surface area contributed by atoms with Gasteiger partial charge in [-0.05, 0) is 23.8 Å². The number of carbonyl (C=O) groups is 1. The second kappa shape index (κ2) is 6.64. The van der Waals surface area contributed by atoms with E-state index in [-0.39, 0.29) is 23.5 Å². The van der Waals surface area contributed by atoms with Crippen LogP contribution in [0.1, 0.15) is 15.9 Å². The highest BCUT2D eigenvalue weighted by Crippen LogP contribution is 2.23. The summed E-state index contributed by atoms with van der Waals surface area (Å²) in [6.45, 7) is 0.228. The Bertz CT molecular complexity index is 750. The Morgan fingerprint density at radius 2 is 1.91 bits per heavy atom. The summed E-state index contributed by atoms with van der Waals surface area (Å²) in [5, 5.41) is 14.1. The third-order valence-electron chi connectivity index (χ3n) is 2.93. The van der Waals surface area contributed by atoms with Crippen LogP contribution in [0, 0.1) is 10.1 Å². The Morgan fingerprint density at radius 1 is 1.18 bits per heavy atom. The molecule has 0 spiro atoms. The van der Waals surface area contributed by atoms with Gasteiger partial charge >= 0.3 is 0 Å². The minimum atomic E-state index is -0.576. The first-order valence-corrected chi connectivity index (χ1v) is 6.90. The number of nitrogens with zero attached hydrogens (tertiary/aromatic N) is 1. The molecule has 0 aliphatic heterocycles. The maximum Gasteiger partial charge on any atom is 0.271 e. The highest BCUT2D eigenvalue weighted by atomic mass is 35.5. The average molecular weight is 340 g/mol. The quantitative estimate of drug-likeness (QED) is 0.506. The van der Waals surface area contributed by atoms with Crippen LogP contribution in [0.15, 0.2) is 36.4 Å². The SMILES string of the molecule is Nc1cc([N+](=O)[O-])ccc1C(=O)NCc1ccc(Cl)c(Cl)c1. The van der Waals surface area contributed by atoms with Crippen molar-refractivity contribution in [3.63, 3.8) is 0 Å². The Balaban J connectivity index is 2.09. The summed E-state index contributed by atoms with van der Waals surface area (Å²) in [4.78, 5) is 22.1. The van der Waals surface area contributed by atoms with Crippen molar-refractivity contribution in [3.05, 3.63) is 67.7 Å². The first-order chi connectivity index (χ1) is 10.4. The van der Waals surface area contributed by atoms with Crippen LogP contribution in [0.3, 0.4) is 0 Å². The van der Waals surface area contributed by atoms with Gasteiger partial charge in [0.15, 0.2) is 0 Å². The molecule has 0 unspecified atom stereocenters. The molecule has 0 saturated carbocycles. The molecule has 8 heteroatoms. The van der Waals surface area contributed by atoms with E-state index in [9.17, 15) is 14.9 Å². The average Bonchev–Trinajstić information content (AvgIpc) is 2.48. The summed E-state index contributed by atoms with van der Waals surface area (Å²) >= 11 is 11.7. The summed E-state index contributed by atoms with van der Waals surface area (Å²) in [5.74, 6) is -0.432. The first kappa shape index (κ1) is 16.1. The van der Waals surface area contributed by atoms with Gasteiger partial charge in [0.2, 0.25) is 0 Å². The van der Waals surface area contributed by atoms with E-state index in [4.69, 9.17) is 28.9 Å². The maximum absolute atomic E-state index is 12.1. The van der Waals surface area contributed by atoms with Crippen LogP contribution in [0.4, 0.5) is 11.4 Å². The fraction of sp³-hybridized carbons (Fsp3) is 0.0714. The van der Waals surface area contributed by atoms with Crippen LogP contribution in [-0.2, 0) is 6.54 Å². The molecule has 0 saturated heterocycles. The molecule has 2 aromatic carbocycles. The summed E-state index contributed by atoms with van der Waals surface area (Å²) in [5.41, 5.74) is 6.48. The molecule has 2 aromatic rings. The fourth-order valence-corrected chi connectivity index (χ4v) is 2.12. The van der Waals surface area contributed by atoms with Crippen molar-refractivity contribution in [1.29, 1.82) is 0 Å². The number of halogens is 2. The number of nitro benzene ring substituents is 1. The van der Waals surface area contributed by atoms with E-state index in [1.165, 1.54) is 12.1 Å². The largest absolute Gasteiger partial charge is 0.398 e. The van der Waals surface area contributed by atoms with Gasteiger partial charge in [0.25, 0.3) is 11.6 Å². The van der Waals surface area contributed by atoms with Crippen molar-refractivity contribution < 1.29 is 9.72 Å². The van der Waals surface area contributed by atoms with Crippen molar-refractivity contribution in [3.8, 4) is 0 Å². The van der Waals surface area contributed by atoms with Crippen molar-refractivity contribution >= 4 is 40.5 Å². The molecule has 0 fully saturated rings. The fourth-order valence-electron chi connectivity index (χ4n) is 1.80. The Kier molecular flexibility index (Phi) is 4.85. The summed E-state index contributed by atoms with van der Waals surface area (Å²) in [6.07, 6.45) is 0. The zero-order chi connectivity index (χ0) is 16.3. The number of carbonyl (C=O) groups excluding carboxylic acids is 1. The Hall–Kier alpha value is -2.31. The highest BCUT2D eigenvalue weighted by molar-refractivity contribution is 6.42. The molecule has 0 aliphatic carbocycles. The zero-order valence-corrected chi connectivity index (χ0v) is 12.7. The van der Waals surface area contributed by atoms with Gasteiger partial charge < -0.3 is 11.1 Å². The van der Waals surface area contributed by atoms with Gasteiger partial charge in [0.05, 0.1) is 26.2 Å². The van der Waals surface area contributed by atoms with E-state index in [0.717, 1.165) is 11.6 Å². The van der Waals surface area contributed by atoms with Crippen molar-refractivity contribution in [2.75, 3.05) is 5.73 Å². The number of hydrogen-bond donors (Lipinski definition) is 2. The predicted octanol–water partition coefficient (Wildman–Crippen LogP) is 3.41. The summed E-state index contributed by atoms with van der Waals surface area (Å²) < 4.78 is 0. The number of rotatable bonds is 4. The molecule has 0 atom stereocenters. The van der Waals surface area contributed by atoms with Gasteiger partial charge in [0, 0.05) is 18.7 Å². The van der Waals surface area contributed by atoms with Gasteiger partial charge in [-0.3, -0.25) is 14.9 Å². The van der Waals surface area contributed by atoms with Gasteiger partial charge in [-0.2, -0.15) is 0 Å². The number of nitro groups is 1. The van der Waals surface area contributed by atoms with Crippen molar-refractivity contribution in [2.45, 2.75) is 6.54 Å². The summed E-state index contributed by atoms with van der Waals surface area (Å²) in [7, 11) is 0. The van der Waals surface area contributed by atoms with Crippen LogP contribution >= 0.6 is 23.2 Å². The van der Waals surface area contributed by atoms with Gasteiger partial charge in [-0.1, -0.05) is 29.3 Å². The molecule has 0 aromatic heterocycles. The monoisotopic (exact) mass is 339 g/mol. The maximum atomic E-state index is 12.1. The standard InChI is InChI=1S/C14H11Cl2N3O3/c15-11-4-1-8(5-12(11)16)7-18-14(20)10-3-2-9(19(21)22)6-13(10)17/h1-6H,7,17H2,(H,18,20). The van der Waals surface area contributed by atoms with Gasteiger partial charge in [-0.15, -0.1) is 0 Å². The second-order valence-electron chi connectivity index (χ2n) is 4.46. The molecule has 0 radical (unpaired) electrons. The van der Waals surface area contributed by atoms with E-state index in [1.54, 1.807) is 18.2 Å². The number of anilines is 1. The van der Waals surface area contributed by atoms with Crippen molar-refractivity contribution in [1.82, 2.24) is 5.32 Å². The molecule has 114 valence electrons. The zero-order valence-electron chi connectivity index (χ0n) is 11.2. The second-order valence-corrected chi connectivity index (χ2v) is 5.27. The van der Waals surface area contributed by atoms with Crippen LogP contribution in [0.5, 0.6) is 0 Å². The van der Waals surface area contributed by atoms with Crippen LogP contribution in [-0.4, -0.2) is 10.8 Å². The number of nitrogens with one attached hydrogen (secondary N) is 1. The number of nitrogens with two attached hydrogens (primary N) is 1. The lowest BCUT2D eigenvalue weighted by Gasteiger charge is -2.08. The van der Waals surface area contributed by atoms with Gasteiger partial charge in [0.1, 0.15) is 0 Å². The minimum Gasteiger partial charge on any atom is -0.398 e. The van der Waals surface area contributed by atoms with E-state index in [1.807, 2.05) is 0 Å². The molecule has 1 amide bonds. The molecule has 0 heterocycles. The van der Waals surface area contributed by atoms with E-state index in [0.29, 0.717) is 10.0 Å². The first-order valence-electron chi connectivity index (χ1n) is 6.14. The molecule has 6 nitrogen and oxygen atoms in total. The normalized spacial score (nSPS) is 10.3. The molecular formula is C14H11Cl2N3O3. The van der Waals surface area contributed by atoms with Gasteiger partial charge in [-0.25, -0.2) is 0 Å². The topological polar surface area (TPSA) is 98.3 Å². The van der Waals surface area contributed by atoms with Crippen molar-refractivity contribution in [2.24, 2.45) is 0 Å².